The Kier molecular flexibility index (Phi) is 4.64. The Morgan fingerprint density at radius 1 is 1.21 bits per heavy atom. The molecule has 0 aliphatic rings. The number of benzene rings is 1. The first kappa shape index (κ1) is 16.2. The van der Waals surface area contributed by atoms with Gasteiger partial charge in [0.05, 0.1) is 19.2 Å². The molecule has 2 heterocycles. The molecule has 126 valence electrons. The molecule has 0 amide bonds. The zero-order valence-corrected chi connectivity index (χ0v) is 13.4. The number of phenols is 1. The molecular weight excluding hydrogens is 308 g/mol. The molecule has 1 aromatic carbocycles. The summed E-state index contributed by atoms with van der Waals surface area (Å²) in [6, 6.07) is 10.1. The molecule has 0 bridgehead atoms. The Bertz CT molecular complexity index is 808. The van der Waals surface area contributed by atoms with E-state index in [1.807, 2.05) is 31.2 Å². The highest BCUT2D eigenvalue weighted by molar-refractivity contribution is 5.46. The highest BCUT2D eigenvalue weighted by atomic mass is 16.3. The van der Waals surface area contributed by atoms with Gasteiger partial charge in [0, 0.05) is 0 Å². The van der Waals surface area contributed by atoms with Crippen molar-refractivity contribution in [3.63, 3.8) is 0 Å². The summed E-state index contributed by atoms with van der Waals surface area (Å²) < 4.78 is 7.17. The Morgan fingerprint density at radius 3 is 2.58 bits per heavy atom. The minimum Gasteiger partial charge on any atom is -0.508 e. The molecule has 7 heteroatoms. The van der Waals surface area contributed by atoms with E-state index in [0.29, 0.717) is 30.4 Å². The van der Waals surface area contributed by atoms with Crippen molar-refractivity contribution in [1.82, 2.24) is 14.8 Å². The van der Waals surface area contributed by atoms with E-state index in [4.69, 9.17) is 10.2 Å². The first-order chi connectivity index (χ1) is 11.6. The summed E-state index contributed by atoms with van der Waals surface area (Å²) in [5.41, 5.74) is 7.28. The molecule has 4 N–H and O–H groups in total. The van der Waals surface area contributed by atoms with Gasteiger partial charge in [0.2, 0.25) is 5.82 Å². The van der Waals surface area contributed by atoms with Gasteiger partial charge in [0.1, 0.15) is 17.3 Å². The predicted octanol–water partition coefficient (Wildman–Crippen LogP) is 1.79. The SMILES string of the molecule is Cc1ccc(-c2nc([C@@H](N)Cc3ccc(O)cc3)n(CCO)n2)o1. The number of aromatic hydroxyl groups is 1. The average molecular weight is 328 g/mol. The largest absolute Gasteiger partial charge is 0.508 e. The van der Waals surface area contributed by atoms with Gasteiger partial charge in [-0.2, -0.15) is 0 Å². The number of phenolic OH excluding ortho intramolecular Hbond substituents is 1. The van der Waals surface area contributed by atoms with Crippen molar-refractivity contribution in [2.75, 3.05) is 6.61 Å². The number of nitrogens with zero attached hydrogens (tertiary/aromatic N) is 3. The minimum atomic E-state index is -0.390. The van der Waals surface area contributed by atoms with E-state index in [1.54, 1.807) is 16.8 Å². The van der Waals surface area contributed by atoms with Gasteiger partial charge in [-0.3, -0.25) is 0 Å². The molecule has 24 heavy (non-hydrogen) atoms. The second-order valence-electron chi connectivity index (χ2n) is 5.63. The van der Waals surface area contributed by atoms with Crippen LogP contribution in [0.3, 0.4) is 0 Å². The number of aliphatic hydroxyl groups excluding tert-OH is 1. The molecule has 0 spiro atoms. The zero-order chi connectivity index (χ0) is 17.1. The van der Waals surface area contributed by atoms with E-state index < -0.39 is 6.04 Å². The summed E-state index contributed by atoms with van der Waals surface area (Å²) in [5.74, 6) is 2.60. The summed E-state index contributed by atoms with van der Waals surface area (Å²) in [6.07, 6.45) is 0.543. The van der Waals surface area contributed by atoms with Crippen LogP contribution in [-0.4, -0.2) is 31.6 Å². The molecule has 0 aliphatic heterocycles. The smallest absolute Gasteiger partial charge is 0.217 e. The van der Waals surface area contributed by atoms with Gasteiger partial charge < -0.3 is 20.4 Å². The lowest BCUT2D eigenvalue weighted by Gasteiger charge is -2.12. The van der Waals surface area contributed by atoms with Crippen LogP contribution in [0.1, 0.15) is 23.2 Å². The first-order valence-corrected chi connectivity index (χ1v) is 7.72. The highest BCUT2D eigenvalue weighted by Crippen LogP contribution is 2.22. The van der Waals surface area contributed by atoms with Gasteiger partial charge in [-0.25, -0.2) is 9.67 Å². The Hall–Kier alpha value is -2.64. The lowest BCUT2D eigenvalue weighted by molar-refractivity contribution is 0.265. The van der Waals surface area contributed by atoms with Crippen molar-refractivity contribution in [3.05, 3.63) is 53.5 Å². The van der Waals surface area contributed by atoms with Crippen LogP contribution in [0.4, 0.5) is 0 Å². The van der Waals surface area contributed by atoms with E-state index >= 15 is 0 Å². The lowest BCUT2D eigenvalue weighted by atomic mass is 10.1. The van der Waals surface area contributed by atoms with Crippen LogP contribution in [0.15, 0.2) is 40.8 Å². The van der Waals surface area contributed by atoms with Crippen LogP contribution >= 0.6 is 0 Å². The van der Waals surface area contributed by atoms with Crippen LogP contribution < -0.4 is 5.73 Å². The van der Waals surface area contributed by atoms with Crippen molar-refractivity contribution in [2.24, 2.45) is 5.73 Å². The highest BCUT2D eigenvalue weighted by Gasteiger charge is 2.19. The lowest BCUT2D eigenvalue weighted by Crippen LogP contribution is -2.20. The summed E-state index contributed by atoms with van der Waals surface area (Å²) >= 11 is 0. The maximum atomic E-state index is 9.36. The van der Waals surface area contributed by atoms with E-state index in [1.165, 1.54) is 0 Å². The normalized spacial score (nSPS) is 12.5. The van der Waals surface area contributed by atoms with Crippen LogP contribution in [0.2, 0.25) is 0 Å². The second-order valence-corrected chi connectivity index (χ2v) is 5.63. The number of hydrogen-bond donors (Lipinski definition) is 3. The van der Waals surface area contributed by atoms with Crippen molar-refractivity contribution in [3.8, 4) is 17.3 Å². The second kappa shape index (κ2) is 6.86. The number of aliphatic hydroxyl groups is 1. The summed E-state index contributed by atoms with van der Waals surface area (Å²) in [5, 5.41) is 23.0. The number of rotatable bonds is 6. The van der Waals surface area contributed by atoms with Crippen LogP contribution in [-0.2, 0) is 13.0 Å². The Labute approximate surface area is 139 Å². The van der Waals surface area contributed by atoms with Gasteiger partial charge in [0.15, 0.2) is 5.76 Å². The van der Waals surface area contributed by atoms with Gasteiger partial charge in [0.25, 0.3) is 0 Å². The quantitative estimate of drug-likeness (QED) is 0.636. The van der Waals surface area contributed by atoms with Gasteiger partial charge >= 0.3 is 0 Å². The van der Waals surface area contributed by atoms with Crippen molar-refractivity contribution in [2.45, 2.75) is 25.9 Å². The van der Waals surface area contributed by atoms with Crippen LogP contribution in [0.25, 0.3) is 11.6 Å². The van der Waals surface area contributed by atoms with Crippen LogP contribution in [0, 0.1) is 6.92 Å². The molecular formula is C17H20N4O3. The molecule has 0 radical (unpaired) electrons. The Balaban J connectivity index is 1.87. The van der Waals surface area contributed by atoms with E-state index in [0.717, 1.165) is 11.3 Å². The first-order valence-electron chi connectivity index (χ1n) is 7.72. The van der Waals surface area contributed by atoms with Gasteiger partial charge in [-0.1, -0.05) is 12.1 Å². The summed E-state index contributed by atoms with van der Waals surface area (Å²) in [6.45, 7) is 2.11. The number of hydrogen-bond acceptors (Lipinski definition) is 6. The van der Waals surface area contributed by atoms with Crippen molar-refractivity contribution < 1.29 is 14.6 Å². The molecule has 3 rings (SSSR count). The van der Waals surface area contributed by atoms with Crippen molar-refractivity contribution >= 4 is 0 Å². The summed E-state index contributed by atoms with van der Waals surface area (Å²) in [7, 11) is 0. The van der Waals surface area contributed by atoms with E-state index in [9.17, 15) is 10.2 Å². The molecule has 2 aromatic heterocycles. The summed E-state index contributed by atoms with van der Waals surface area (Å²) in [4.78, 5) is 4.50. The minimum absolute atomic E-state index is 0.0566. The predicted molar refractivity (Wildman–Crippen MR) is 88.3 cm³/mol. The molecule has 7 nitrogen and oxygen atoms in total. The molecule has 0 saturated heterocycles. The molecule has 0 fully saturated rings. The fourth-order valence-corrected chi connectivity index (χ4v) is 2.52. The van der Waals surface area contributed by atoms with Gasteiger partial charge in [-0.15, -0.1) is 5.10 Å². The Morgan fingerprint density at radius 2 is 1.96 bits per heavy atom. The third-order valence-corrected chi connectivity index (χ3v) is 3.70. The molecule has 0 unspecified atom stereocenters. The number of aryl methyl sites for hydroxylation is 1. The van der Waals surface area contributed by atoms with Gasteiger partial charge in [-0.05, 0) is 43.2 Å². The fourth-order valence-electron chi connectivity index (χ4n) is 2.52. The number of nitrogens with two attached hydrogens (primary N) is 1. The van der Waals surface area contributed by atoms with Crippen LogP contribution in [0.5, 0.6) is 5.75 Å². The maximum absolute atomic E-state index is 9.36. The van der Waals surface area contributed by atoms with Crippen molar-refractivity contribution in [1.29, 1.82) is 0 Å². The third kappa shape index (κ3) is 3.47. The fraction of sp³-hybridized carbons (Fsp3) is 0.294. The number of furan rings is 1. The number of aromatic nitrogens is 3. The monoisotopic (exact) mass is 328 g/mol. The standard InChI is InChI=1S/C17H20N4O3/c1-11-2-7-15(24-11)16-19-17(21(20-16)8-9-22)14(18)10-12-3-5-13(23)6-4-12/h2-7,14,22-23H,8-10,18H2,1H3/t14-/m0/s1. The maximum Gasteiger partial charge on any atom is 0.217 e. The third-order valence-electron chi connectivity index (χ3n) is 3.70. The van der Waals surface area contributed by atoms with E-state index in [-0.39, 0.29) is 12.4 Å². The molecule has 0 saturated carbocycles. The molecule has 3 aromatic rings. The average Bonchev–Trinajstić information content (AvgIpc) is 3.16. The van der Waals surface area contributed by atoms with E-state index in [2.05, 4.69) is 10.1 Å². The molecule has 0 aliphatic carbocycles. The zero-order valence-electron chi connectivity index (χ0n) is 13.4. The topological polar surface area (TPSA) is 110 Å². The molecule has 1 atom stereocenters.